The summed E-state index contributed by atoms with van der Waals surface area (Å²) in [6.45, 7) is 8.35. The zero-order chi connectivity index (χ0) is 37.3. The van der Waals surface area contributed by atoms with Gasteiger partial charge in [0.2, 0.25) is 23.3 Å². The van der Waals surface area contributed by atoms with E-state index in [2.05, 4.69) is 9.80 Å². The van der Waals surface area contributed by atoms with Crippen LogP contribution in [-0.4, -0.2) is 140 Å². The Balaban J connectivity index is 0.00000504. The van der Waals surface area contributed by atoms with Gasteiger partial charge in [-0.25, -0.2) is 0 Å². The molecule has 0 saturated carbocycles. The Morgan fingerprint density at radius 1 is 0.500 bits per heavy atom. The molecule has 14 heteroatoms. The van der Waals surface area contributed by atoms with Gasteiger partial charge in [0.25, 0.3) is 0 Å². The quantitative estimate of drug-likeness (QED) is 0.170. The van der Waals surface area contributed by atoms with Gasteiger partial charge in [-0.1, -0.05) is 36.5 Å². The molecule has 2 heterocycles. The third kappa shape index (κ3) is 13.2. The van der Waals surface area contributed by atoms with Gasteiger partial charge in [-0.15, -0.1) is 24.8 Å². The Bertz CT molecular complexity index is 1450. The van der Waals surface area contributed by atoms with Gasteiger partial charge in [-0.2, -0.15) is 0 Å². The minimum Gasteiger partial charge on any atom is -0.493 e. The Morgan fingerprint density at radius 3 is 1.17 bits per heavy atom. The highest BCUT2D eigenvalue weighted by atomic mass is 35.5. The first-order valence-electron chi connectivity index (χ1n) is 17.7. The number of benzene rings is 2. The fraction of sp³-hybridized carbons (Fsp3) is 0.450. The number of hydrogen-bond donors (Lipinski definition) is 0. The van der Waals surface area contributed by atoms with Crippen LogP contribution in [0.1, 0.15) is 24.0 Å². The van der Waals surface area contributed by atoms with Crippen LogP contribution in [0.5, 0.6) is 34.5 Å². The molecule has 2 fully saturated rings. The van der Waals surface area contributed by atoms with Crippen molar-refractivity contribution in [2.24, 2.45) is 0 Å². The monoisotopic (exact) mass is 790 g/mol. The fourth-order valence-corrected chi connectivity index (χ4v) is 6.33. The lowest BCUT2D eigenvalue weighted by Crippen LogP contribution is -2.39. The van der Waals surface area contributed by atoms with Gasteiger partial charge in [0, 0.05) is 64.5 Å². The average Bonchev–Trinajstić information content (AvgIpc) is 3.57. The average molecular weight is 792 g/mol. The minimum atomic E-state index is 0. The number of rotatable bonds is 15. The molecule has 2 aliphatic rings. The normalized spacial score (nSPS) is 15.8. The van der Waals surface area contributed by atoms with Gasteiger partial charge < -0.3 is 48.0 Å². The second-order valence-electron chi connectivity index (χ2n) is 12.4. The molecular weight excluding hydrogens is 735 g/mol. The molecule has 0 unspecified atom stereocenters. The van der Waals surface area contributed by atoms with Crippen molar-refractivity contribution in [1.82, 2.24) is 19.6 Å². The molecule has 0 bridgehead atoms. The molecule has 2 aromatic rings. The molecule has 298 valence electrons. The molecule has 0 aliphatic carbocycles. The lowest BCUT2D eigenvalue weighted by molar-refractivity contribution is -0.126. The van der Waals surface area contributed by atoms with Crippen molar-refractivity contribution in [1.29, 1.82) is 0 Å². The van der Waals surface area contributed by atoms with Crippen LogP contribution in [-0.2, 0) is 9.59 Å². The zero-order valence-electron chi connectivity index (χ0n) is 32.3. The van der Waals surface area contributed by atoms with Crippen molar-refractivity contribution >= 4 is 48.8 Å². The summed E-state index contributed by atoms with van der Waals surface area (Å²) < 4.78 is 32.5. The molecule has 2 aliphatic heterocycles. The van der Waals surface area contributed by atoms with Gasteiger partial charge in [-0.05, 0) is 61.3 Å². The summed E-state index contributed by atoms with van der Waals surface area (Å²) in [5.41, 5.74) is 1.74. The molecular formula is C40H56Cl2N4O8. The van der Waals surface area contributed by atoms with Crippen LogP contribution in [0.15, 0.2) is 60.7 Å². The highest BCUT2D eigenvalue weighted by Crippen LogP contribution is 2.39. The Morgan fingerprint density at radius 2 is 0.852 bits per heavy atom. The maximum absolute atomic E-state index is 13.0. The maximum Gasteiger partial charge on any atom is 0.246 e. The third-order valence-corrected chi connectivity index (χ3v) is 9.18. The van der Waals surface area contributed by atoms with Gasteiger partial charge >= 0.3 is 0 Å². The minimum absolute atomic E-state index is 0. The van der Waals surface area contributed by atoms with Crippen LogP contribution < -0.4 is 28.4 Å². The third-order valence-electron chi connectivity index (χ3n) is 9.18. The number of allylic oxidation sites excluding steroid dienone is 4. The zero-order valence-corrected chi connectivity index (χ0v) is 33.9. The summed E-state index contributed by atoms with van der Waals surface area (Å²) in [7, 11) is 9.48. The number of ether oxygens (including phenoxy) is 6. The number of nitrogens with zero attached hydrogens (tertiary/aromatic N) is 4. The lowest BCUT2D eigenvalue weighted by Gasteiger charge is -2.26. The van der Waals surface area contributed by atoms with E-state index in [1.165, 1.54) is 0 Å². The first-order chi connectivity index (χ1) is 25.3. The molecule has 0 N–H and O–H groups in total. The molecule has 0 radical (unpaired) electrons. The summed E-state index contributed by atoms with van der Waals surface area (Å²) in [5.74, 6) is 3.41. The van der Waals surface area contributed by atoms with E-state index in [0.29, 0.717) is 47.6 Å². The highest BCUT2D eigenvalue weighted by molar-refractivity contribution is 5.88. The van der Waals surface area contributed by atoms with Gasteiger partial charge in [0.15, 0.2) is 23.0 Å². The molecule has 0 aromatic heterocycles. The van der Waals surface area contributed by atoms with Crippen molar-refractivity contribution in [2.75, 3.05) is 108 Å². The molecule has 0 atom stereocenters. The van der Waals surface area contributed by atoms with E-state index in [1.54, 1.807) is 67.0 Å². The molecule has 12 nitrogen and oxygen atoms in total. The summed E-state index contributed by atoms with van der Waals surface area (Å²) in [4.78, 5) is 34.7. The van der Waals surface area contributed by atoms with Gasteiger partial charge in [0.1, 0.15) is 0 Å². The second-order valence-corrected chi connectivity index (χ2v) is 12.4. The standard InChI is InChI=1S/C40H54N4O8.2ClH/c1-47-33-27-31(28-34(48-2)39(33)51-5)13-7-9-15-37(45)43-19-11-17-41(23-25-43)21-22-42-18-12-20-44(26-24-42)38(46)16-10-8-14-32-29-35(49-3)40(52-6)36(30-32)50-4;;/h7-10,13-16,27-30H,11-12,17-26H2,1-6H3;2*1H/b13-7+,14-8+,15-9+,16-10+;;. The summed E-state index contributed by atoms with van der Waals surface area (Å²) >= 11 is 0. The second kappa shape index (κ2) is 24.1. The predicted octanol–water partition coefficient (Wildman–Crippen LogP) is 5.49. The number of halogens is 2. The van der Waals surface area contributed by atoms with Crippen molar-refractivity contribution in [3.05, 3.63) is 71.8 Å². The van der Waals surface area contributed by atoms with E-state index >= 15 is 0 Å². The van der Waals surface area contributed by atoms with Crippen molar-refractivity contribution in [2.45, 2.75) is 12.8 Å². The molecule has 2 amide bonds. The van der Waals surface area contributed by atoms with Crippen molar-refractivity contribution in [3.8, 4) is 34.5 Å². The van der Waals surface area contributed by atoms with Crippen LogP contribution in [0.2, 0.25) is 0 Å². The largest absolute Gasteiger partial charge is 0.493 e. The van der Waals surface area contributed by atoms with Gasteiger partial charge in [-0.3, -0.25) is 9.59 Å². The Labute approximate surface area is 332 Å². The van der Waals surface area contributed by atoms with E-state index in [-0.39, 0.29) is 36.6 Å². The molecule has 0 spiro atoms. The maximum atomic E-state index is 13.0. The van der Waals surface area contributed by atoms with Crippen LogP contribution in [0.4, 0.5) is 0 Å². The first kappa shape index (κ1) is 45.8. The Kier molecular flexibility index (Phi) is 20.5. The summed E-state index contributed by atoms with van der Waals surface area (Å²) in [6.07, 6.45) is 16.1. The van der Waals surface area contributed by atoms with Crippen LogP contribution in [0.25, 0.3) is 12.2 Å². The van der Waals surface area contributed by atoms with E-state index < -0.39 is 0 Å². The van der Waals surface area contributed by atoms with E-state index in [4.69, 9.17) is 28.4 Å². The van der Waals surface area contributed by atoms with Crippen LogP contribution >= 0.6 is 24.8 Å². The lowest BCUT2D eigenvalue weighted by atomic mass is 10.1. The van der Waals surface area contributed by atoms with Crippen molar-refractivity contribution in [3.63, 3.8) is 0 Å². The topological polar surface area (TPSA) is 102 Å². The number of carbonyl (C=O) groups excluding carboxylic acids is 2. The Hall–Kier alpha value is -4.36. The van der Waals surface area contributed by atoms with E-state index in [9.17, 15) is 9.59 Å². The predicted molar refractivity (Wildman–Crippen MR) is 218 cm³/mol. The number of amides is 2. The van der Waals surface area contributed by atoms with Gasteiger partial charge in [0.05, 0.1) is 42.7 Å². The highest BCUT2D eigenvalue weighted by Gasteiger charge is 2.21. The first-order valence-corrected chi connectivity index (χ1v) is 17.7. The summed E-state index contributed by atoms with van der Waals surface area (Å²) in [6, 6.07) is 7.43. The number of hydrogen-bond acceptors (Lipinski definition) is 10. The van der Waals surface area contributed by atoms with Crippen LogP contribution in [0, 0.1) is 0 Å². The van der Waals surface area contributed by atoms with Crippen LogP contribution in [0.3, 0.4) is 0 Å². The smallest absolute Gasteiger partial charge is 0.246 e. The fourth-order valence-electron chi connectivity index (χ4n) is 6.33. The number of methoxy groups -OCH3 is 6. The summed E-state index contributed by atoms with van der Waals surface area (Å²) in [5, 5.41) is 0. The molecule has 54 heavy (non-hydrogen) atoms. The molecule has 2 saturated heterocycles. The van der Waals surface area contributed by atoms with Crippen molar-refractivity contribution < 1.29 is 38.0 Å². The van der Waals surface area contributed by atoms with E-state index in [1.807, 2.05) is 58.4 Å². The van der Waals surface area contributed by atoms with E-state index in [0.717, 1.165) is 76.3 Å². The SMILES string of the molecule is COc1cc(/C=C/C=C/C(=O)N2CCCN(CCN3CCCN(C(=O)/C=C/C=C/c4cc(OC)c(OC)c(OC)c4)CC3)CC2)cc(OC)c1OC.Cl.Cl. The molecule has 2 aromatic carbocycles. The number of carbonyl (C=O) groups is 2. The molecule has 4 rings (SSSR count).